The van der Waals surface area contributed by atoms with Crippen LogP contribution in [0.4, 0.5) is 5.82 Å². The van der Waals surface area contributed by atoms with Crippen LogP contribution in [0.25, 0.3) is 10.2 Å². The second kappa shape index (κ2) is 5.08. The molecule has 2 heterocycles. The van der Waals surface area contributed by atoms with Gasteiger partial charge in [-0.1, -0.05) is 13.8 Å². The third kappa shape index (κ3) is 2.12. The van der Waals surface area contributed by atoms with Gasteiger partial charge in [0.1, 0.15) is 16.5 Å². The van der Waals surface area contributed by atoms with Gasteiger partial charge in [-0.2, -0.15) is 0 Å². The van der Waals surface area contributed by atoms with E-state index in [0.29, 0.717) is 5.92 Å². The van der Waals surface area contributed by atoms with Gasteiger partial charge >= 0.3 is 0 Å². The number of rotatable bonds is 4. The Balaban J connectivity index is 2.19. The van der Waals surface area contributed by atoms with Crippen LogP contribution in [0.2, 0.25) is 0 Å². The summed E-state index contributed by atoms with van der Waals surface area (Å²) in [4.78, 5) is 12.3. The molecular weight excluding hydrogens is 254 g/mol. The number of hydrogen-bond donors (Lipinski definition) is 1. The molecule has 3 nitrogen and oxygen atoms in total. The average molecular weight is 275 g/mol. The van der Waals surface area contributed by atoms with E-state index in [1.807, 2.05) is 11.3 Å². The molecule has 1 aliphatic carbocycles. The van der Waals surface area contributed by atoms with E-state index in [1.165, 1.54) is 39.9 Å². The fourth-order valence-electron chi connectivity index (χ4n) is 2.71. The van der Waals surface area contributed by atoms with Crippen LogP contribution >= 0.6 is 11.3 Å². The summed E-state index contributed by atoms with van der Waals surface area (Å²) in [5.74, 6) is 2.48. The van der Waals surface area contributed by atoms with Gasteiger partial charge in [0.15, 0.2) is 0 Å². The summed E-state index contributed by atoms with van der Waals surface area (Å²) in [5, 5.41) is 4.74. The summed E-state index contributed by atoms with van der Waals surface area (Å²) >= 11 is 1.88. The number of anilines is 1. The molecule has 19 heavy (non-hydrogen) atoms. The molecule has 0 saturated heterocycles. The molecule has 1 aliphatic rings. The van der Waals surface area contributed by atoms with E-state index in [0.717, 1.165) is 24.6 Å². The molecule has 0 amide bonds. The highest BCUT2D eigenvalue weighted by Crippen LogP contribution is 2.40. The number of fused-ring (bicyclic) bond motifs is 3. The van der Waals surface area contributed by atoms with E-state index in [1.54, 1.807) is 0 Å². The lowest BCUT2D eigenvalue weighted by atomic mass is 10.1. The van der Waals surface area contributed by atoms with E-state index < -0.39 is 0 Å². The fourth-order valence-corrected chi connectivity index (χ4v) is 3.98. The summed E-state index contributed by atoms with van der Waals surface area (Å²) in [6.07, 6.45) is 4.79. The van der Waals surface area contributed by atoms with Crippen molar-refractivity contribution in [1.82, 2.24) is 9.97 Å². The van der Waals surface area contributed by atoms with E-state index in [-0.39, 0.29) is 0 Å². The molecule has 0 fully saturated rings. The number of aryl methyl sites for hydroxylation is 2. The van der Waals surface area contributed by atoms with Crippen LogP contribution in [-0.4, -0.2) is 16.5 Å². The second-order valence-electron chi connectivity index (χ2n) is 5.31. The SMILES string of the molecule is CCNc1nc(C(C)CC)nc2sc3c(c12)CCC3. The molecule has 0 saturated carbocycles. The molecule has 0 aliphatic heterocycles. The lowest BCUT2D eigenvalue weighted by molar-refractivity contribution is 0.684. The van der Waals surface area contributed by atoms with Gasteiger partial charge in [-0.3, -0.25) is 0 Å². The zero-order chi connectivity index (χ0) is 13.4. The van der Waals surface area contributed by atoms with Crippen molar-refractivity contribution in [3.05, 3.63) is 16.3 Å². The van der Waals surface area contributed by atoms with Crippen molar-refractivity contribution in [1.29, 1.82) is 0 Å². The first kappa shape index (κ1) is 12.9. The van der Waals surface area contributed by atoms with Gasteiger partial charge in [-0.25, -0.2) is 9.97 Å². The van der Waals surface area contributed by atoms with E-state index in [9.17, 15) is 0 Å². The van der Waals surface area contributed by atoms with Crippen LogP contribution in [-0.2, 0) is 12.8 Å². The second-order valence-corrected chi connectivity index (χ2v) is 6.39. The van der Waals surface area contributed by atoms with Gasteiger partial charge in [0.25, 0.3) is 0 Å². The van der Waals surface area contributed by atoms with E-state index >= 15 is 0 Å². The largest absolute Gasteiger partial charge is 0.370 e. The highest BCUT2D eigenvalue weighted by Gasteiger charge is 2.22. The zero-order valence-electron chi connectivity index (χ0n) is 11.9. The molecule has 0 aromatic carbocycles. The number of nitrogens with one attached hydrogen (secondary N) is 1. The summed E-state index contributed by atoms with van der Waals surface area (Å²) in [7, 11) is 0. The fraction of sp³-hybridized carbons (Fsp3) is 0.600. The minimum Gasteiger partial charge on any atom is -0.370 e. The van der Waals surface area contributed by atoms with Gasteiger partial charge in [0, 0.05) is 17.3 Å². The number of nitrogens with zero attached hydrogens (tertiary/aromatic N) is 2. The minimum atomic E-state index is 0.429. The Hall–Kier alpha value is -1.16. The molecule has 2 aromatic rings. The van der Waals surface area contributed by atoms with E-state index in [2.05, 4.69) is 26.1 Å². The van der Waals surface area contributed by atoms with Crippen molar-refractivity contribution >= 4 is 27.4 Å². The molecule has 0 radical (unpaired) electrons. The van der Waals surface area contributed by atoms with Crippen molar-refractivity contribution in [3.8, 4) is 0 Å². The molecule has 1 unspecified atom stereocenters. The van der Waals surface area contributed by atoms with Crippen LogP contribution < -0.4 is 5.32 Å². The normalized spacial score (nSPS) is 15.7. The number of hydrogen-bond acceptors (Lipinski definition) is 4. The first-order valence-corrected chi connectivity index (χ1v) is 8.12. The van der Waals surface area contributed by atoms with Gasteiger partial charge in [-0.05, 0) is 38.2 Å². The van der Waals surface area contributed by atoms with Crippen LogP contribution in [0.5, 0.6) is 0 Å². The summed E-state index contributed by atoms with van der Waals surface area (Å²) in [6.45, 7) is 7.44. The standard InChI is InChI=1S/C15H21N3S/c1-4-9(3)13-17-14(16-5-2)12-10-7-6-8-11(10)19-15(12)18-13/h9H,4-8H2,1-3H3,(H,16,17,18). The predicted octanol–water partition coefficient (Wildman–Crippen LogP) is 4.13. The lowest BCUT2D eigenvalue weighted by Gasteiger charge is -2.11. The molecule has 2 aromatic heterocycles. The average Bonchev–Trinajstić information content (AvgIpc) is 2.97. The monoisotopic (exact) mass is 275 g/mol. The predicted molar refractivity (Wildman–Crippen MR) is 82.3 cm³/mol. The number of aromatic nitrogens is 2. The summed E-state index contributed by atoms with van der Waals surface area (Å²) < 4.78 is 0. The Morgan fingerprint density at radius 2 is 2.11 bits per heavy atom. The third-order valence-corrected chi connectivity index (χ3v) is 5.17. The Morgan fingerprint density at radius 3 is 2.84 bits per heavy atom. The van der Waals surface area contributed by atoms with Gasteiger partial charge in [0.2, 0.25) is 0 Å². The van der Waals surface area contributed by atoms with Crippen molar-refractivity contribution in [2.75, 3.05) is 11.9 Å². The Bertz CT molecular complexity index is 603. The highest BCUT2D eigenvalue weighted by atomic mass is 32.1. The van der Waals surface area contributed by atoms with E-state index in [4.69, 9.17) is 9.97 Å². The van der Waals surface area contributed by atoms with Crippen molar-refractivity contribution < 1.29 is 0 Å². The maximum absolute atomic E-state index is 4.82. The Kier molecular flexibility index (Phi) is 3.44. The zero-order valence-corrected chi connectivity index (χ0v) is 12.7. The quantitative estimate of drug-likeness (QED) is 0.912. The van der Waals surface area contributed by atoms with Crippen molar-refractivity contribution in [3.63, 3.8) is 0 Å². The topological polar surface area (TPSA) is 37.8 Å². The molecule has 1 N–H and O–H groups in total. The van der Waals surface area contributed by atoms with Crippen molar-refractivity contribution in [2.24, 2.45) is 0 Å². The smallest absolute Gasteiger partial charge is 0.138 e. The summed E-state index contributed by atoms with van der Waals surface area (Å²) in [5.41, 5.74) is 1.51. The molecule has 4 heteroatoms. The van der Waals surface area contributed by atoms with Crippen LogP contribution in [0.15, 0.2) is 0 Å². The molecule has 1 atom stereocenters. The lowest BCUT2D eigenvalue weighted by Crippen LogP contribution is -2.06. The first-order valence-electron chi connectivity index (χ1n) is 7.30. The summed E-state index contributed by atoms with van der Waals surface area (Å²) in [6, 6.07) is 0. The first-order chi connectivity index (χ1) is 9.24. The Morgan fingerprint density at radius 1 is 1.26 bits per heavy atom. The van der Waals surface area contributed by atoms with Crippen LogP contribution in [0.3, 0.4) is 0 Å². The molecule has 0 bridgehead atoms. The Labute approximate surface area is 118 Å². The van der Waals surface area contributed by atoms with Gasteiger partial charge in [0.05, 0.1) is 5.39 Å². The molecule has 3 rings (SSSR count). The molecule has 102 valence electrons. The number of thiophene rings is 1. The third-order valence-electron chi connectivity index (χ3n) is 3.98. The maximum atomic E-state index is 4.82. The van der Waals surface area contributed by atoms with Crippen molar-refractivity contribution in [2.45, 2.75) is 52.4 Å². The van der Waals surface area contributed by atoms with Crippen LogP contribution in [0.1, 0.15) is 55.8 Å². The molecule has 0 spiro atoms. The van der Waals surface area contributed by atoms with Gasteiger partial charge in [-0.15, -0.1) is 11.3 Å². The minimum absolute atomic E-state index is 0.429. The molecular formula is C15H21N3S. The highest BCUT2D eigenvalue weighted by molar-refractivity contribution is 7.19. The maximum Gasteiger partial charge on any atom is 0.138 e. The van der Waals surface area contributed by atoms with Gasteiger partial charge < -0.3 is 5.32 Å². The van der Waals surface area contributed by atoms with Crippen LogP contribution in [0, 0.1) is 0 Å².